The van der Waals surface area contributed by atoms with E-state index in [4.69, 9.17) is 0 Å². The third-order valence-corrected chi connectivity index (χ3v) is 5.48. The van der Waals surface area contributed by atoms with Gasteiger partial charge in [0.05, 0.1) is 5.69 Å². The zero-order chi connectivity index (χ0) is 16.9. The molecule has 4 nitrogen and oxygen atoms in total. The van der Waals surface area contributed by atoms with Gasteiger partial charge in [0.2, 0.25) is 5.95 Å². The van der Waals surface area contributed by atoms with Crippen molar-refractivity contribution in [1.29, 1.82) is 0 Å². The van der Waals surface area contributed by atoms with Gasteiger partial charge in [-0.15, -0.1) is 10.2 Å². The quantitative estimate of drug-likeness (QED) is 0.632. The maximum absolute atomic E-state index is 4.55. The Balaban J connectivity index is 1.65. The molecule has 2 heterocycles. The first-order chi connectivity index (χ1) is 12.4. The Bertz CT molecular complexity index is 795. The zero-order valence-corrected chi connectivity index (χ0v) is 15.0. The molecular weight excluding hydrogens is 328 g/mol. The fourth-order valence-corrected chi connectivity index (χ4v) is 4.08. The lowest BCUT2D eigenvalue weighted by atomic mass is 10.1. The van der Waals surface area contributed by atoms with Crippen LogP contribution in [-0.2, 0) is 5.75 Å². The molecule has 3 aromatic rings. The monoisotopic (exact) mass is 350 g/mol. The van der Waals surface area contributed by atoms with Gasteiger partial charge in [0.15, 0.2) is 5.16 Å². The Labute approximate surface area is 152 Å². The van der Waals surface area contributed by atoms with E-state index in [1.165, 1.54) is 24.8 Å². The van der Waals surface area contributed by atoms with Crippen LogP contribution in [0.25, 0.3) is 5.69 Å². The van der Waals surface area contributed by atoms with Crippen molar-refractivity contribution in [1.82, 2.24) is 14.8 Å². The van der Waals surface area contributed by atoms with E-state index in [2.05, 4.69) is 74.3 Å². The number of thioether (sulfide) groups is 1. The number of rotatable bonds is 5. The van der Waals surface area contributed by atoms with Gasteiger partial charge in [0.25, 0.3) is 0 Å². The number of aromatic nitrogens is 3. The van der Waals surface area contributed by atoms with Gasteiger partial charge in [-0.05, 0) is 37.0 Å². The zero-order valence-electron chi connectivity index (χ0n) is 14.2. The lowest BCUT2D eigenvalue weighted by Crippen LogP contribution is -2.31. The fourth-order valence-electron chi connectivity index (χ4n) is 3.18. The summed E-state index contributed by atoms with van der Waals surface area (Å²) in [6, 6.07) is 21.0. The molecule has 4 rings (SSSR count). The molecule has 0 saturated carbocycles. The van der Waals surface area contributed by atoms with E-state index in [0.29, 0.717) is 0 Å². The van der Waals surface area contributed by atoms with E-state index < -0.39 is 0 Å². The van der Waals surface area contributed by atoms with Crippen LogP contribution < -0.4 is 4.90 Å². The van der Waals surface area contributed by atoms with Crippen LogP contribution in [0.4, 0.5) is 5.95 Å². The molecule has 0 unspecified atom stereocenters. The highest BCUT2D eigenvalue weighted by atomic mass is 32.2. The molecule has 1 aliphatic heterocycles. The lowest BCUT2D eigenvalue weighted by molar-refractivity contribution is 0.564. The molecule has 1 fully saturated rings. The molecule has 1 aliphatic rings. The molecule has 5 heteroatoms. The summed E-state index contributed by atoms with van der Waals surface area (Å²) in [6.07, 6.45) is 3.77. The highest BCUT2D eigenvalue weighted by Crippen LogP contribution is 2.29. The van der Waals surface area contributed by atoms with Crippen molar-refractivity contribution in [3.8, 4) is 5.69 Å². The molecule has 2 aromatic carbocycles. The Kier molecular flexibility index (Phi) is 5.02. The second-order valence-electron chi connectivity index (χ2n) is 6.28. The van der Waals surface area contributed by atoms with Crippen LogP contribution in [0.5, 0.6) is 0 Å². The molecule has 0 N–H and O–H groups in total. The minimum absolute atomic E-state index is 0.895. The molecule has 0 atom stereocenters. The smallest absolute Gasteiger partial charge is 0.232 e. The number of para-hydroxylation sites is 1. The number of nitrogens with zero attached hydrogens (tertiary/aromatic N) is 4. The minimum Gasteiger partial charge on any atom is -0.341 e. The van der Waals surface area contributed by atoms with E-state index in [9.17, 15) is 0 Å². The van der Waals surface area contributed by atoms with E-state index in [0.717, 1.165) is 35.6 Å². The summed E-state index contributed by atoms with van der Waals surface area (Å²) in [5.41, 5.74) is 2.43. The summed E-state index contributed by atoms with van der Waals surface area (Å²) < 4.78 is 2.21. The number of benzene rings is 2. The Morgan fingerprint density at radius 3 is 2.20 bits per heavy atom. The molecule has 0 aliphatic carbocycles. The van der Waals surface area contributed by atoms with Crippen molar-refractivity contribution in [3.63, 3.8) is 0 Å². The molecule has 0 spiro atoms. The molecule has 25 heavy (non-hydrogen) atoms. The summed E-state index contributed by atoms with van der Waals surface area (Å²) in [5, 5.41) is 10.0. The van der Waals surface area contributed by atoms with Crippen molar-refractivity contribution >= 4 is 17.7 Å². The van der Waals surface area contributed by atoms with Gasteiger partial charge in [0.1, 0.15) is 0 Å². The first kappa shape index (κ1) is 16.2. The van der Waals surface area contributed by atoms with Crippen molar-refractivity contribution < 1.29 is 0 Å². The first-order valence-electron chi connectivity index (χ1n) is 8.84. The van der Waals surface area contributed by atoms with Crippen molar-refractivity contribution in [3.05, 3.63) is 66.2 Å². The Morgan fingerprint density at radius 1 is 0.800 bits per heavy atom. The Morgan fingerprint density at radius 2 is 1.48 bits per heavy atom. The van der Waals surface area contributed by atoms with E-state index in [1.54, 1.807) is 11.8 Å². The second kappa shape index (κ2) is 7.74. The van der Waals surface area contributed by atoms with E-state index in [1.807, 2.05) is 6.07 Å². The highest BCUT2D eigenvalue weighted by Gasteiger charge is 2.21. The molecular formula is C20H22N4S. The van der Waals surface area contributed by atoms with Gasteiger partial charge < -0.3 is 4.90 Å². The van der Waals surface area contributed by atoms with Gasteiger partial charge >= 0.3 is 0 Å². The van der Waals surface area contributed by atoms with E-state index >= 15 is 0 Å². The van der Waals surface area contributed by atoms with Crippen molar-refractivity contribution in [2.45, 2.75) is 30.2 Å². The molecule has 0 bridgehead atoms. The maximum Gasteiger partial charge on any atom is 0.232 e. The van der Waals surface area contributed by atoms with Crippen LogP contribution in [0.3, 0.4) is 0 Å². The molecule has 0 amide bonds. The first-order valence-corrected chi connectivity index (χ1v) is 9.83. The van der Waals surface area contributed by atoms with Crippen LogP contribution in [0.15, 0.2) is 65.8 Å². The van der Waals surface area contributed by atoms with Crippen molar-refractivity contribution in [2.75, 3.05) is 18.0 Å². The standard InChI is InChI=1S/C20H22N4S/c1-4-10-17(11-5-1)16-25-20-22-21-19(23-14-8-3-9-15-23)24(20)18-12-6-2-7-13-18/h1-2,4-7,10-13H,3,8-9,14-16H2. The number of piperidine rings is 1. The number of anilines is 1. The predicted octanol–water partition coefficient (Wildman–Crippen LogP) is 4.55. The largest absolute Gasteiger partial charge is 0.341 e. The fraction of sp³-hybridized carbons (Fsp3) is 0.300. The van der Waals surface area contributed by atoms with Crippen LogP contribution in [0, 0.1) is 0 Å². The highest BCUT2D eigenvalue weighted by molar-refractivity contribution is 7.98. The van der Waals surface area contributed by atoms with E-state index in [-0.39, 0.29) is 0 Å². The van der Waals surface area contributed by atoms with Crippen LogP contribution >= 0.6 is 11.8 Å². The summed E-state index contributed by atoms with van der Waals surface area (Å²) in [6.45, 7) is 2.13. The molecule has 1 saturated heterocycles. The van der Waals surface area contributed by atoms with Crippen LogP contribution in [-0.4, -0.2) is 27.9 Å². The molecule has 1 aromatic heterocycles. The summed E-state index contributed by atoms with van der Waals surface area (Å²) in [7, 11) is 0. The predicted molar refractivity (Wildman–Crippen MR) is 103 cm³/mol. The van der Waals surface area contributed by atoms with Gasteiger partial charge in [-0.1, -0.05) is 60.3 Å². The number of hydrogen-bond acceptors (Lipinski definition) is 4. The van der Waals surface area contributed by atoms with Gasteiger partial charge in [0, 0.05) is 18.8 Å². The molecule has 0 radical (unpaired) electrons. The minimum atomic E-state index is 0.895. The third kappa shape index (κ3) is 3.71. The SMILES string of the molecule is c1ccc(CSc2nnc(N3CCCCC3)n2-c2ccccc2)cc1. The van der Waals surface area contributed by atoms with Crippen LogP contribution in [0.2, 0.25) is 0 Å². The van der Waals surface area contributed by atoms with Gasteiger partial charge in [-0.3, -0.25) is 4.57 Å². The summed E-state index contributed by atoms with van der Waals surface area (Å²) >= 11 is 1.74. The maximum atomic E-state index is 4.55. The topological polar surface area (TPSA) is 34.0 Å². The average Bonchev–Trinajstić information content (AvgIpc) is 3.12. The third-order valence-electron chi connectivity index (χ3n) is 4.48. The number of hydrogen-bond donors (Lipinski definition) is 0. The van der Waals surface area contributed by atoms with Gasteiger partial charge in [-0.25, -0.2) is 0 Å². The molecule has 128 valence electrons. The van der Waals surface area contributed by atoms with Crippen LogP contribution in [0.1, 0.15) is 24.8 Å². The normalized spacial score (nSPS) is 14.6. The average molecular weight is 350 g/mol. The summed E-state index contributed by atoms with van der Waals surface area (Å²) in [4.78, 5) is 2.37. The lowest BCUT2D eigenvalue weighted by Gasteiger charge is -2.27. The second-order valence-corrected chi connectivity index (χ2v) is 7.22. The van der Waals surface area contributed by atoms with Crippen molar-refractivity contribution in [2.24, 2.45) is 0 Å². The summed E-state index contributed by atoms with van der Waals surface area (Å²) in [5.74, 6) is 1.87. The van der Waals surface area contributed by atoms with Gasteiger partial charge in [-0.2, -0.15) is 0 Å². The Hall–Kier alpha value is -2.27.